The predicted octanol–water partition coefficient (Wildman–Crippen LogP) is 3.62. The summed E-state index contributed by atoms with van der Waals surface area (Å²) in [6, 6.07) is 5.47. The molecule has 0 N–H and O–H groups in total. The Morgan fingerprint density at radius 2 is 1.17 bits per heavy atom. The highest BCUT2D eigenvalue weighted by Gasteiger charge is 2.20. The van der Waals surface area contributed by atoms with Crippen LogP contribution in [0.4, 0.5) is 0 Å². The van der Waals surface area contributed by atoms with Gasteiger partial charge in [0.1, 0.15) is 22.0 Å². The highest BCUT2D eigenvalue weighted by molar-refractivity contribution is 7.85. The Morgan fingerprint density at radius 1 is 0.833 bits per heavy atom. The first kappa shape index (κ1) is 20.8. The second-order valence-electron chi connectivity index (χ2n) is 7.48. The summed E-state index contributed by atoms with van der Waals surface area (Å²) in [6.45, 7) is 14.8. The van der Waals surface area contributed by atoms with E-state index in [1.165, 1.54) is 0 Å². The Kier molecular flexibility index (Phi) is 6.75. The molecule has 1 aromatic rings. The molecular formula is C17H27N3O2S2. The van der Waals surface area contributed by atoms with Crippen LogP contribution in [0.1, 0.15) is 66.8 Å². The van der Waals surface area contributed by atoms with Crippen molar-refractivity contribution in [3.8, 4) is 0 Å². The second-order valence-corrected chi connectivity index (χ2v) is 11.3. The van der Waals surface area contributed by atoms with Crippen LogP contribution in [0.5, 0.6) is 0 Å². The molecule has 7 heteroatoms. The molecule has 1 rings (SSSR count). The minimum Gasteiger partial charge on any atom is -0.245 e. The largest absolute Gasteiger partial charge is 0.245 e. The molecule has 0 aromatic carbocycles. The van der Waals surface area contributed by atoms with Crippen LogP contribution in [0.15, 0.2) is 27.0 Å². The summed E-state index contributed by atoms with van der Waals surface area (Å²) in [5, 5.41) is 0. The van der Waals surface area contributed by atoms with Gasteiger partial charge < -0.3 is 0 Å². The molecule has 134 valence electrons. The van der Waals surface area contributed by atoms with Crippen LogP contribution in [0.25, 0.3) is 0 Å². The number of hydrogen-bond donors (Lipinski definition) is 0. The van der Waals surface area contributed by atoms with Crippen molar-refractivity contribution < 1.29 is 8.42 Å². The monoisotopic (exact) mass is 369 g/mol. The average Bonchev–Trinajstić information content (AvgIpc) is 2.45. The first-order valence-electron chi connectivity index (χ1n) is 7.75. The molecule has 2 atom stereocenters. The van der Waals surface area contributed by atoms with E-state index >= 15 is 0 Å². The van der Waals surface area contributed by atoms with Gasteiger partial charge in [-0.1, -0.05) is 6.07 Å². The quantitative estimate of drug-likeness (QED) is 0.761. The van der Waals surface area contributed by atoms with Gasteiger partial charge in [-0.15, -0.1) is 0 Å². The lowest BCUT2D eigenvalue weighted by atomic mass is 10.2. The molecule has 5 nitrogen and oxygen atoms in total. The highest BCUT2D eigenvalue weighted by Crippen LogP contribution is 2.15. The molecule has 0 aliphatic heterocycles. The van der Waals surface area contributed by atoms with Crippen LogP contribution in [0.3, 0.4) is 0 Å². The summed E-state index contributed by atoms with van der Waals surface area (Å²) in [7, 11) is -2.67. The van der Waals surface area contributed by atoms with Crippen molar-refractivity contribution in [2.45, 2.75) is 64.9 Å². The summed E-state index contributed by atoms with van der Waals surface area (Å²) in [5.74, 6) is 0. The van der Waals surface area contributed by atoms with Crippen molar-refractivity contribution in [1.82, 2.24) is 4.98 Å². The fourth-order valence-electron chi connectivity index (χ4n) is 1.45. The normalized spacial score (nSPS) is 16.8. The first-order valence-corrected chi connectivity index (χ1v) is 9.96. The third kappa shape index (κ3) is 6.02. The van der Waals surface area contributed by atoms with E-state index in [1.54, 1.807) is 13.8 Å². The summed E-state index contributed by atoms with van der Waals surface area (Å²) < 4.78 is 32.0. The summed E-state index contributed by atoms with van der Waals surface area (Å²) in [6.07, 6.45) is 0. The Labute approximate surface area is 150 Å². The SMILES string of the molecule is C/C(=N\[S@](=O)C(C)(C)C)c1cccc(/C(C)=N/[S@](=O)C(C)(C)C)n1. The molecule has 0 amide bonds. The van der Waals surface area contributed by atoms with Gasteiger partial charge >= 0.3 is 0 Å². The number of nitrogens with zero attached hydrogens (tertiary/aromatic N) is 3. The van der Waals surface area contributed by atoms with E-state index < -0.39 is 31.5 Å². The van der Waals surface area contributed by atoms with Gasteiger partial charge in [-0.25, -0.2) is 13.4 Å². The minimum atomic E-state index is -1.34. The van der Waals surface area contributed by atoms with Crippen LogP contribution in [0.2, 0.25) is 0 Å². The molecule has 1 aromatic heterocycles. The average molecular weight is 370 g/mol. The van der Waals surface area contributed by atoms with E-state index in [0.29, 0.717) is 22.8 Å². The lowest BCUT2D eigenvalue weighted by molar-refractivity contribution is 0.650. The number of hydrogen-bond acceptors (Lipinski definition) is 3. The third-order valence-electron chi connectivity index (χ3n) is 2.98. The Balaban J connectivity index is 3.15. The van der Waals surface area contributed by atoms with E-state index in [4.69, 9.17) is 0 Å². The van der Waals surface area contributed by atoms with Crippen LogP contribution >= 0.6 is 0 Å². The second kappa shape index (κ2) is 7.78. The molecule has 0 aliphatic rings. The van der Waals surface area contributed by atoms with E-state index in [1.807, 2.05) is 59.7 Å². The standard InChI is InChI=1S/C17H27N3O2S2/c1-12(19-23(21)16(3,4)5)14-10-9-11-15(18-14)13(2)20-24(22)17(6,7)8/h9-11H,1-8H3/b19-12+,20-13+/t23-,24-/m1/s1. The molecular weight excluding hydrogens is 342 g/mol. The topological polar surface area (TPSA) is 71.8 Å². The van der Waals surface area contributed by atoms with E-state index in [0.717, 1.165) is 0 Å². The first-order chi connectivity index (χ1) is 10.8. The Morgan fingerprint density at radius 3 is 1.46 bits per heavy atom. The van der Waals surface area contributed by atoms with Crippen LogP contribution in [-0.4, -0.2) is 34.3 Å². The van der Waals surface area contributed by atoms with E-state index in [2.05, 4.69) is 13.8 Å². The lowest BCUT2D eigenvalue weighted by Gasteiger charge is -2.14. The molecule has 0 aliphatic carbocycles. The zero-order chi connectivity index (χ0) is 18.7. The molecule has 24 heavy (non-hydrogen) atoms. The van der Waals surface area contributed by atoms with Gasteiger partial charge in [-0.3, -0.25) is 0 Å². The van der Waals surface area contributed by atoms with Gasteiger partial charge in [-0.05, 0) is 67.5 Å². The zero-order valence-corrected chi connectivity index (χ0v) is 17.3. The fraction of sp³-hybridized carbons (Fsp3) is 0.588. The van der Waals surface area contributed by atoms with Crippen molar-refractivity contribution in [2.24, 2.45) is 8.80 Å². The van der Waals surface area contributed by atoms with Crippen LogP contribution in [0, 0.1) is 0 Å². The van der Waals surface area contributed by atoms with E-state index in [9.17, 15) is 8.42 Å². The Hall–Kier alpha value is -1.21. The summed E-state index contributed by atoms with van der Waals surface area (Å²) in [5.41, 5.74) is 2.49. The summed E-state index contributed by atoms with van der Waals surface area (Å²) >= 11 is 0. The van der Waals surface area contributed by atoms with Gasteiger partial charge in [0, 0.05) is 0 Å². The maximum Gasteiger partial charge on any atom is 0.145 e. The van der Waals surface area contributed by atoms with Gasteiger partial charge in [0.25, 0.3) is 0 Å². The smallest absolute Gasteiger partial charge is 0.145 e. The number of pyridine rings is 1. The van der Waals surface area contributed by atoms with Crippen molar-refractivity contribution in [1.29, 1.82) is 0 Å². The van der Waals surface area contributed by atoms with Crippen molar-refractivity contribution in [3.63, 3.8) is 0 Å². The van der Waals surface area contributed by atoms with Gasteiger partial charge in [0.05, 0.1) is 32.3 Å². The van der Waals surface area contributed by atoms with Crippen LogP contribution < -0.4 is 0 Å². The molecule has 0 spiro atoms. The molecule has 0 fully saturated rings. The maximum absolute atomic E-state index is 12.2. The van der Waals surface area contributed by atoms with Gasteiger partial charge in [0.15, 0.2) is 0 Å². The van der Waals surface area contributed by atoms with Gasteiger partial charge in [-0.2, -0.15) is 8.80 Å². The van der Waals surface area contributed by atoms with Crippen molar-refractivity contribution >= 4 is 33.4 Å². The molecule has 0 unspecified atom stereocenters. The molecule has 0 bridgehead atoms. The number of rotatable bonds is 4. The molecule has 0 saturated carbocycles. The highest BCUT2D eigenvalue weighted by atomic mass is 32.2. The molecule has 0 saturated heterocycles. The van der Waals surface area contributed by atoms with Crippen molar-refractivity contribution in [2.75, 3.05) is 0 Å². The predicted molar refractivity (Wildman–Crippen MR) is 104 cm³/mol. The summed E-state index contributed by atoms with van der Waals surface area (Å²) in [4.78, 5) is 4.51. The molecule has 0 radical (unpaired) electrons. The third-order valence-corrected chi connectivity index (χ3v) is 5.95. The lowest BCUT2D eigenvalue weighted by Crippen LogP contribution is -2.21. The maximum atomic E-state index is 12.2. The van der Waals surface area contributed by atoms with Crippen LogP contribution in [-0.2, 0) is 22.0 Å². The number of aromatic nitrogens is 1. The fourth-order valence-corrected chi connectivity index (χ4v) is 2.69. The molecule has 1 heterocycles. The van der Waals surface area contributed by atoms with Gasteiger partial charge in [0.2, 0.25) is 0 Å². The minimum absolute atomic E-state index is 0.417. The van der Waals surface area contributed by atoms with E-state index in [-0.39, 0.29) is 0 Å². The van der Waals surface area contributed by atoms with Crippen molar-refractivity contribution in [3.05, 3.63) is 29.6 Å². The zero-order valence-electron chi connectivity index (χ0n) is 15.7. The Bertz CT molecular complexity index is 654.